The second-order valence-corrected chi connectivity index (χ2v) is 7.74. The van der Waals surface area contributed by atoms with Gasteiger partial charge in [-0.2, -0.15) is 13.2 Å². The molecule has 1 atom stereocenters. The van der Waals surface area contributed by atoms with Crippen molar-refractivity contribution in [3.05, 3.63) is 57.9 Å². The van der Waals surface area contributed by atoms with Crippen LogP contribution in [0, 0.1) is 0 Å². The number of benzene rings is 1. The second kappa shape index (κ2) is 10.4. The number of esters is 2. The number of rotatable bonds is 7. The summed E-state index contributed by atoms with van der Waals surface area (Å²) >= 11 is 6.19. The van der Waals surface area contributed by atoms with Crippen LogP contribution >= 0.6 is 11.6 Å². The largest absolute Gasteiger partial charge is 0.466 e. The minimum absolute atomic E-state index is 0.0463. The van der Waals surface area contributed by atoms with Crippen molar-refractivity contribution in [3.8, 4) is 0 Å². The average molecular weight is 475 g/mol. The van der Waals surface area contributed by atoms with Crippen LogP contribution < -0.4 is 0 Å². The Bertz CT molecular complexity index is 924. The van der Waals surface area contributed by atoms with Gasteiger partial charge in [0.1, 0.15) is 0 Å². The van der Waals surface area contributed by atoms with Crippen molar-refractivity contribution in [1.29, 1.82) is 0 Å². The Balaban J connectivity index is 2.80. The van der Waals surface area contributed by atoms with Gasteiger partial charge < -0.3 is 19.3 Å². The third-order valence-electron chi connectivity index (χ3n) is 5.31. The standard InChI is InChI=1S/C22H26ClF3N2O4/c1-13-17(20(29)31-4)18(14-6-8-15(9-7-14)22(24,25)26)19(21(30)32-5)16(28(13)12-23)10-11-27(2)3/h6-9,18H,10-12H2,1-5H3. The molecule has 0 bridgehead atoms. The van der Waals surface area contributed by atoms with E-state index in [2.05, 4.69) is 0 Å². The van der Waals surface area contributed by atoms with Crippen molar-refractivity contribution in [3.63, 3.8) is 0 Å². The van der Waals surface area contributed by atoms with Gasteiger partial charge in [-0.3, -0.25) is 0 Å². The average Bonchev–Trinajstić information content (AvgIpc) is 2.75. The summed E-state index contributed by atoms with van der Waals surface area (Å²) in [6.45, 7) is 2.22. The molecule has 0 amide bonds. The molecule has 0 N–H and O–H groups in total. The molecule has 0 aromatic heterocycles. The van der Waals surface area contributed by atoms with E-state index in [1.165, 1.54) is 26.4 Å². The lowest BCUT2D eigenvalue weighted by Crippen LogP contribution is -2.36. The van der Waals surface area contributed by atoms with E-state index < -0.39 is 29.6 Å². The first-order chi connectivity index (χ1) is 15.0. The van der Waals surface area contributed by atoms with Crippen LogP contribution in [0.5, 0.6) is 0 Å². The molecular formula is C22H26ClF3N2O4. The minimum atomic E-state index is -4.52. The number of halogens is 4. The molecule has 1 aliphatic heterocycles. The van der Waals surface area contributed by atoms with Crippen molar-refractivity contribution in [1.82, 2.24) is 9.80 Å². The number of carbonyl (C=O) groups excluding carboxylic acids is 2. The molecule has 2 rings (SSSR count). The van der Waals surface area contributed by atoms with E-state index in [1.807, 2.05) is 19.0 Å². The first-order valence-electron chi connectivity index (χ1n) is 9.73. The molecule has 1 aliphatic rings. The Kier molecular flexibility index (Phi) is 8.36. The molecule has 0 radical (unpaired) electrons. The summed E-state index contributed by atoms with van der Waals surface area (Å²) in [5.74, 6) is -2.39. The fraction of sp³-hybridized carbons (Fsp3) is 0.455. The highest BCUT2D eigenvalue weighted by atomic mass is 35.5. The zero-order valence-electron chi connectivity index (χ0n) is 18.5. The highest BCUT2D eigenvalue weighted by Crippen LogP contribution is 2.44. The Hall–Kier alpha value is -2.52. The van der Waals surface area contributed by atoms with Crippen molar-refractivity contribution < 1.29 is 32.2 Å². The Morgan fingerprint density at radius 2 is 1.59 bits per heavy atom. The second-order valence-electron chi connectivity index (χ2n) is 7.50. The molecular weight excluding hydrogens is 449 g/mol. The molecule has 0 aliphatic carbocycles. The molecule has 0 saturated heterocycles. The molecule has 1 aromatic carbocycles. The van der Waals surface area contributed by atoms with Gasteiger partial charge in [0, 0.05) is 24.4 Å². The van der Waals surface area contributed by atoms with Crippen LogP contribution in [0.1, 0.15) is 30.4 Å². The molecule has 176 valence electrons. The van der Waals surface area contributed by atoms with Crippen molar-refractivity contribution in [2.45, 2.75) is 25.4 Å². The van der Waals surface area contributed by atoms with Crippen LogP contribution in [0.4, 0.5) is 13.2 Å². The summed E-state index contributed by atoms with van der Waals surface area (Å²) in [6.07, 6.45) is -4.12. The lowest BCUT2D eigenvalue weighted by Gasteiger charge is -2.38. The number of methoxy groups -OCH3 is 2. The van der Waals surface area contributed by atoms with Crippen molar-refractivity contribution in [2.75, 3.05) is 40.9 Å². The monoisotopic (exact) mass is 474 g/mol. The topological polar surface area (TPSA) is 59.1 Å². The first kappa shape index (κ1) is 25.7. The summed E-state index contributed by atoms with van der Waals surface area (Å²) in [4.78, 5) is 29.2. The Morgan fingerprint density at radius 1 is 1.06 bits per heavy atom. The van der Waals surface area contributed by atoms with E-state index in [1.54, 1.807) is 11.8 Å². The van der Waals surface area contributed by atoms with E-state index >= 15 is 0 Å². The molecule has 0 fully saturated rings. The zero-order chi connectivity index (χ0) is 24.2. The van der Waals surface area contributed by atoms with E-state index in [-0.39, 0.29) is 17.2 Å². The zero-order valence-corrected chi connectivity index (χ0v) is 19.3. The third kappa shape index (κ3) is 5.27. The van der Waals surface area contributed by atoms with Gasteiger partial charge in [0.05, 0.1) is 42.9 Å². The van der Waals surface area contributed by atoms with Crippen LogP contribution in [0.15, 0.2) is 46.8 Å². The molecule has 1 aromatic rings. The van der Waals surface area contributed by atoms with Gasteiger partial charge in [-0.1, -0.05) is 12.1 Å². The van der Waals surface area contributed by atoms with E-state index in [0.29, 0.717) is 29.9 Å². The predicted octanol–water partition coefficient (Wildman–Crippen LogP) is 4.13. The van der Waals surface area contributed by atoms with Gasteiger partial charge >= 0.3 is 18.1 Å². The lowest BCUT2D eigenvalue weighted by atomic mass is 9.79. The van der Waals surface area contributed by atoms with Gasteiger partial charge in [0.15, 0.2) is 0 Å². The van der Waals surface area contributed by atoms with Crippen LogP contribution in [0.25, 0.3) is 0 Å². The smallest absolute Gasteiger partial charge is 0.416 e. The van der Waals surface area contributed by atoms with Crippen LogP contribution in [0.3, 0.4) is 0 Å². The van der Waals surface area contributed by atoms with Gasteiger partial charge in [-0.05, 0) is 38.7 Å². The van der Waals surface area contributed by atoms with Gasteiger partial charge in [-0.25, -0.2) is 9.59 Å². The number of hydrogen-bond donors (Lipinski definition) is 0. The van der Waals surface area contributed by atoms with E-state index in [4.69, 9.17) is 21.1 Å². The minimum Gasteiger partial charge on any atom is -0.466 e. The maximum atomic E-state index is 13.1. The third-order valence-corrected chi connectivity index (χ3v) is 5.55. The molecule has 10 heteroatoms. The maximum absolute atomic E-state index is 13.1. The van der Waals surface area contributed by atoms with E-state index in [0.717, 1.165) is 12.1 Å². The Morgan fingerprint density at radius 3 is 2.03 bits per heavy atom. The number of carbonyl (C=O) groups is 2. The lowest BCUT2D eigenvalue weighted by molar-refractivity contribution is -0.138. The molecule has 1 unspecified atom stereocenters. The normalized spacial score (nSPS) is 17.2. The molecule has 1 heterocycles. The number of ether oxygens (including phenoxy) is 2. The number of nitrogens with zero attached hydrogens (tertiary/aromatic N) is 2. The fourth-order valence-corrected chi connectivity index (χ4v) is 4.02. The highest BCUT2D eigenvalue weighted by molar-refractivity contribution is 6.18. The van der Waals surface area contributed by atoms with E-state index in [9.17, 15) is 22.8 Å². The molecule has 6 nitrogen and oxygen atoms in total. The van der Waals surface area contributed by atoms with Crippen molar-refractivity contribution in [2.24, 2.45) is 0 Å². The quantitative estimate of drug-likeness (QED) is 0.336. The molecule has 0 saturated carbocycles. The maximum Gasteiger partial charge on any atom is 0.416 e. The van der Waals surface area contributed by atoms with Crippen LogP contribution in [-0.4, -0.2) is 62.6 Å². The molecule has 32 heavy (non-hydrogen) atoms. The molecule has 0 spiro atoms. The SMILES string of the molecule is COC(=O)C1=C(C)N(CCl)C(CCN(C)C)=C(C(=O)OC)C1c1ccc(C(F)(F)F)cc1. The summed E-state index contributed by atoms with van der Waals surface area (Å²) in [5.41, 5.74) is 0.738. The summed E-state index contributed by atoms with van der Waals surface area (Å²) in [6, 6.07) is 4.30. The first-order valence-corrected chi connectivity index (χ1v) is 10.3. The van der Waals surface area contributed by atoms with Crippen molar-refractivity contribution >= 4 is 23.5 Å². The summed E-state index contributed by atoms with van der Waals surface area (Å²) in [7, 11) is 6.13. The van der Waals surface area contributed by atoms with Gasteiger partial charge in [0.25, 0.3) is 0 Å². The number of hydrogen-bond acceptors (Lipinski definition) is 6. The summed E-state index contributed by atoms with van der Waals surface area (Å²) < 4.78 is 49.2. The Labute approximate surface area is 190 Å². The number of alkyl halides is 4. The van der Waals surface area contributed by atoms with Gasteiger partial charge in [0.2, 0.25) is 0 Å². The van der Waals surface area contributed by atoms with Crippen LogP contribution in [0.2, 0.25) is 0 Å². The highest BCUT2D eigenvalue weighted by Gasteiger charge is 2.41. The number of allylic oxidation sites excluding steroid dienone is 1. The van der Waals surface area contributed by atoms with Crippen LogP contribution in [-0.2, 0) is 25.2 Å². The predicted molar refractivity (Wildman–Crippen MR) is 114 cm³/mol. The summed E-state index contributed by atoms with van der Waals surface area (Å²) in [5, 5.41) is 0. The van der Waals surface area contributed by atoms with Gasteiger partial charge in [-0.15, -0.1) is 11.6 Å². The fourth-order valence-electron chi connectivity index (χ4n) is 3.69.